The largest absolute Gasteiger partial charge is 0.447 e. The van der Waals surface area contributed by atoms with Crippen LogP contribution in [0.2, 0.25) is 0 Å². The minimum Gasteiger partial charge on any atom is -0.447 e. The van der Waals surface area contributed by atoms with Crippen molar-refractivity contribution in [3.8, 4) is 0 Å². The monoisotopic (exact) mass is 353 g/mol. The summed E-state index contributed by atoms with van der Waals surface area (Å²) in [5, 5.41) is 2.90. The Bertz CT molecular complexity index is 753. The van der Waals surface area contributed by atoms with E-state index in [9.17, 15) is 9.59 Å². The molecule has 2 aromatic carbocycles. The molecule has 4 nitrogen and oxygen atoms in total. The summed E-state index contributed by atoms with van der Waals surface area (Å²) in [4.78, 5) is 25.1. The number of nitrogens with one attached hydrogen (secondary N) is 1. The molecule has 138 valence electrons. The van der Waals surface area contributed by atoms with Gasteiger partial charge < -0.3 is 10.1 Å². The van der Waals surface area contributed by atoms with Crippen LogP contribution in [0.1, 0.15) is 49.5 Å². The fourth-order valence-corrected chi connectivity index (χ4v) is 2.57. The van der Waals surface area contributed by atoms with Crippen LogP contribution in [0.3, 0.4) is 0 Å². The number of hydrogen-bond donors (Lipinski definition) is 1. The lowest BCUT2D eigenvalue weighted by Gasteiger charge is -2.19. The number of anilines is 1. The Balaban J connectivity index is 2.18. The normalized spacial score (nSPS) is 11.9. The molecule has 1 amide bonds. The maximum Gasteiger partial charge on any atom is 0.306 e. The lowest BCUT2D eigenvalue weighted by atomic mass is 10.1. The highest BCUT2D eigenvalue weighted by atomic mass is 16.5. The molecule has 0 radical (unpaired) electrons. The van der Waals surface area contributed by atoms with Gasteiger partial charge in [-0.15, -0.1) is 0 Å². The predicted octanol–water partition coefficient (Wildman–Crippen LogP) is 4.96. The Kier molecular flexibility index (Phi) is 6.96. The van der Waals surface area contributed by atoms with Gasteiger partial charge in [-0.05, 0) is 43.4 Å². The van der Waals surface area contributed by atoms with Gasteiger partial charge in [0.25, 0.3) is 5.91 Å². The van der Waals surface area contributed by atoms with Gasteiger partial charge in [0.15, 0.2) is 0 Å². The molecule has 0 fully saturated rings. The highest BCUT2D eigenvalue weighted by Gasteiger charge is 2.25. The van der Waals surface area contributed by atoms with Gasteiger partial charge in [-0.2, -0.15) is 0 Å². The van der Waals surface area contributed by atoms with Crippen LogP contribution >= 0.6 is 0 Å². The van der Waals surface area contributed by atoms with E-state index in [1.165, 1.54) is 0 Å². The van der Waals surface area contributed by atoms with Gasteiger partial charge in [0, 0.05) is 17.7 Å². The van der Waals surface area contributed by atoms with Gasteiger partial charge in [-0.3, -0.25) is 9.59 Å². The van der Waals surface area contributed by atoms with E-state index in [-0.39, 0.29) is 11.9 Å². The first-order chi connectivity index (χ1) is 12.4. The third-order valence-corrected chi connectivity index (χ3v) is 4.17. The predicted molar refractivity (Wildman–Crippen MR) is 104 cm³/mol. The van der Waals surface area contributed by atoms with Crippen LogP contribution < -0.4 is 5.32 Å². The van der Waals surface area contributed by atoms with Crippen LogP contribution in [0.5, 0.6) is 0 Å². The van der Waals surface area contributed by atoms with Crippen molar-refractivity contribution in [3.05, 3.63) is 65.2 Å². The molecular formula is C22H27NO3. The van der Waals surface area contributed by atoms with Crippen molar-refractivity contribution in [1.82, 2.24) is 0 Å². The first-order valence-electron chi connectivity index (χ1n) is 8.99. The number of carbonyl (C=O) groups excluding carboxylic acids is 2. The van der Waals surface area contributed by atoms with E-state index in [0.29, 0.717) is 17.9 Å². The highest BCUT2D eigenvalue weighted by molar-refractivity contribution is 5.96. The summed E-state index contributed by atoms with van der Waals surface area (Å²) in [6.07, 6.45) is 0.0762. The van der Waals surface area contributed by atoms with Gasteiger partial charge >= 0.3 is 5.97 Å². The molecule has 0 aliphatic rings. The molecule has 0 spiro atoms. The number of ether oxygens (including phenoxy) is 1. The lowest BCUT2D eigenvalue weighted by molar-refractivity contribution is -0.155. The number of aryl methyl sites for hydroxylation is 2. The molecule has 1 atom stereocenters. The molecule has 2 rings (SSSR count). The van der Waals surface area contributed by atoms with E-state index in [4.69, 9.17) is 4.74 Å². The van der Waals surface area contributed by atoms with Gasteiger partial charge in [-0.1, -0.05) is 56.3 Å². The van der Waals surface area contributed by atoms with Crippen LogP contribution in [-0.4, -0.2) is 11.9 Å². The molecular weight excluding hydrogens is 326 g/mol. The number of rotatable bonds is 7. The van der Waals surface area contributed by atoms with Crippen molar-refractivity contribution in [3.63, 3.8) is 0 Å². The van der Waals surface area contributed by atoms with Gasteiger partial charge in [0.2, 0.25) is 6.10 Å². The number of benzene rings is 2. The SMILES string of the molecule is Cc1ccc(C)c(NC(=O)[C@@H](OC(=O)CCC(C)C)c2ccccc2)c1. The van der Waals surface area contributed by atoms with Crippen LogP contribution in [-0.2, 0) is 14.3 Å². The van der Waals surface area contributed by atoms with E-state index in [1.54, 1.807) is 12.1 Å². The second-order valence-corrected chi connectivity index (χ2v) is 7.02. The average Bonchev–Trinajstić information content (AvgIpc) is 2.61. The summed E-state index contributed by atoms with van der Waals surface area (Å²) < 4.78 is 5.54. The number of esters is 1. The van der Waals surface area contributed by atoms with Crippen molar-refractivity contribution in [2.75, 3.05) is 5.32 Å². The molecule has 0 saturated carbocycles. The number of hydrogen-bond acceptors (Lipinski definition) is 3. The quantitative estimate of drug-likeness (QED) is 0.716. The van der Waals surface area contributed by atoms with Crippen molar-refractivity contribution < 1.29 is 14.3 Å². The molecule has 0 aromatic heterocycles. The lowest BCUT2D eigenvalue weighted by Crippen LogP contribution is -2.26. The molecule has 0 aliphatic heterocycles. The molecule has 0 unspecified atom stereocenters. The zero-order chi connectivity index (χ0) is 19.1. The molecule has 0 aliphatic carbocycles. The molecule has 0 saturated heterocycles. The Morgan fingerprint density at radius 3 is 2.38 bits per heavy atom. The van der Waals surface area contributed by atoms with Crippen molar-refractivity contribution in [2.24, 2.45) is 5.92 Å². The fourth-order valence-electron chi connectivity index (χ4n) is 2.57. The Morgan fingerprint density at radius 2 is 1.73 bits per heavy atom. The molecule has 0 bridgehead atoms. The summed E-state index contributed by atoms with van der Waals surface area (Å²) in [7, 11) is 0. The van der Waals surface area contributed by atoms with Crippen molar-refractivity contribution in [1.29, 1.82) is 0 Å². The summed E-state index contributed by atoms with van der Waals surface area (Å²) in [5.41, 5.74) is 3.40. The van der Waals surface area contributed by atoms with E-state index < -0.39 is 6.10 Å². The first kappa shape index (κ1) is 19.7. The molecule has 26 heavy (non-hydrogen) atoms. The van der Waals surface area contributed by atoms with E-state index in [0.717, 1.165) is 23.2 Å². The molecule has 2 aromatic rings. The van der Waals surface area contributed by atoms with E-state index >= 15 is 0 Å². The zero-order valence-electron chi connectivity index (χ0n) is 15.9. The second-order valence-electron chi connectivity index (χ2n) is 7.02. The van der Waals surface area contributed by atoms with Crippen LogP contribution in [0.15, 0.2) is 48.5 Å². The second kappa shape index (κ2) is 9.18. The Labute approximate surface area is 155 Å². The minimum atomic E-state index is -0.962. The molecule has 4 heteroatoms. The van der Waals surface area contributed by atoms with Gasteiger partial charge in [-0.25, -0.2) is 0 Å². The number of carbonyl (C=O) groups is 2. The first-order valence-corrected chi connectivity index (χ1v) is 8.99. The van der Waals surface area contributed by atoms with Crippen molar-refractivity contribution in [2.45, 2.75) is 46.6 Å². The zero-order valence-corrected chi connectivity index (χ0v) is 15.9. The van der Waals surface area contributed by atoms with Crippen LogP contribution in [0.25, 0.3) is 0 Å². The van der Waals surface area contributed by atoms with E-state index in [2.05, 4.69) is 19.2 Å². The third-order valence-electron chi connectivity index (χ3n) is 4.17. The average molecular weight is 353 g/mol. The number of amides is 1. The highest BCUT2D eigenvalue weighted by Crippen LogP contribution is 2.23. The van der Waals surface area contributed by atoms with Crippen molar-refractivity contribution >= 4 is 17.6 Å². The fraction of sp³-hybridized carbons (Fsp3) is 0.364. The Hall–Kier alpha value is -2.62. The summed E-state index contributed by atoms with van der Waals surface area (Å²) in [6, 6.07) is 15.0. The Morgan fingerprint density at radius 1 is 1.04 bits per heavy atom. The van der Waals surface area contributed by atoms with Crippen LogP contribution in [0, 0.1) is 19.8 Å². The molecule has 0 heterocycles. The molecule has 1 N–H and O–H groups in total. The van der Waals surface area contributed by atoms with Gasteiger partial charge in [0.1, 0.15) is 0 Å². The maximum absolute atomic E-state index is 12.9. The summed E-state index contributed by atoms with van der Waals surface area (Å²) in [5.74, 6) is -0.298. The minimum absolute atomic E-state index is 0.303. The standard InChI is InChI=1S/C22H27NO3/c1-15(2)10-13-20(24)26-21(18-8-6-5-7-9-18)22(25)23-19-14-16(3)11-12-17(19)4/h5-9,11-12,14-15,21H,10,13H2,1-4H3,(H,23,25)/t21-/m0/s1. The maximum atomic E-state index is 12.9. The summed E-state index contributed by atoms with van der Waals surface area (Å²) >= 11 is 0. The summed E-state index contributed by atoms with van der Waals surface area (Å²) in [6.45, 7) is 8.00. The van der Waals surface area contributed by atoms with Gasteiger partial charge in [0.05, 0.1) is 0 Å². The topological polar surface area (TPSA) is 55.4 Å². The van der Waals surface area contributed by atoms with Crippen LogP contribution in [0.4, 0.5) is 5.69 Å². The van der Waals surface area contributed by atoms with E-state index in [1.807, 2.05) is 50.2 Å². The third kappa shape index (κ3) is 5.73. The smallest absolute Gasteiger partial charge is 0.306 e.